The normalized spacial score (nSPS) is 12.1. The van der Waals surface area contributed by atoms with Crippen molar-refractivity contribution < 1.29 is 9.53 Å². The third-order valence-corrected chi connectivity index (χ3v) is 3.47. The van der Waals surface area contributed by atoms with Crippen molar-refractivity contribution in [1.29, 1.82) is 0 Å². The predicted octanol–water partition coefficient (Wildman–Crippen LogP) is 2.64. The summed E-state index contributed by atoms with van der Waals surface area (Å²) in [5, 5.41) is 6.75. The van der Waals surface area contributed by atoms with E-state index in [0.29, 0.717) is 36.2 Å². The van der Waals surface area contributed by atoms with E-state index in [9.17, 15) is 4.79 Å². The standard InChI is InChI=1S/C16H26ClN3O2/c1-11(2)8-13(10-18)20-16(21)6-7-19-14-9-12(17)4-5-15(14)22-3/h4-5,9,11,13,19H,6-8,10,18H2,1-3H3,(H,20,21). The summed E-state index contributed by atoms with van der Waals surface area (Å²) in [5.74, 6) is 1.19. The highest BCUT2D eigenvalue weighted by Gasteiger charge is 2.12. The Labute approximate surface area is 137 Å². The Morgan fingerprint density at radius 1 is 1.41 bits per heavy atom. The lowest BCUT2D eigenvalue weighted by Gasteiger charge is -2.19. The van der Waals surface area contributed by atoms with Gasteiger partial charge in [-0.15, -0.1) is 0 Å². The number of nitrogens with one attached hydrogen (secondary N) is 2. The van der Waals surface area contributed by atoms with Crippen molar-refractivity contribution in [2.75, 3.05) is 25.5 Å². The maximum atomic E-state index is 11.9. The molecule has 1 aromatic carbocycles. The highest BCUT2D eigenvalue weighted by Crippen LogP contribution is 2.27. The minimum Gasteiger partial charge on any atom is -0.495 e. The van der Waals surface area contributed by atoms with Crippen LogP contribution in [0.15, 0.2) is 18.2 Å². The Balaban J connectivity index is 2.43. The molecule has 0 bridgehead atoms. The van der Waals surface area contributed by atoms with Gasteiger partial charge >= 0.3 is 0 Å². The van der Waals surface area contributed by atoms with E-state index in [1.807, 2.05) is 0 Å². The molecule has 124 valence electrons. The Hall–Kier alpha value is -1.46. The van der Waals surface area contributed by atoms with Crippen molar-refractivity contribution in [3.05, 3.63) is 23.2 Å². The summed E-state index contributed by atoms with van der Waals surface area (Å²) in [4.78, 5) is 11.9. The summed E-state index contributed by atoms with van der Waals surface area (Å²) >= 11 is 5.96. The number of ether oxygens (including phenoxy) is 1. The number of amides is 1. The highest BCUT2D eigenvalue weighted by atomic mass is 35.5. The monoisotopic (exact) mass is 327 g/mol. The number of carbonyl (C=O) groups is 1. The van der Waals surface area contributed by atoms with E-state index in [-0.39, 0.29) is 11.9 Å². The molecule has 0 radical (unpaired) electrons. The molecule has 1 rings (SSSR count). The van der Waals surface area contributed by atoms with E-state index in [1.165, 1.54) is 0 Å². The molecule has 5 nitrogen and oxygen atoms in total. The number of hydrogen-bond acceptors (Lipinski definition) is 4. The Kier molecular flexibility index (Phi) is 8.06. The Morgan fingerprint density at radius 2 is 2.14 bits per heavy atom. The minimum absolute atomic E-state index is 0.00963. The van der Waals surface area contributed by atoms with Crippen LogP contribution in [-0.4, -0.2) is 32.1 Å². The summed E-state index contributed by atoms with van der Waals surface area (Å²) in [6.45, 7) is 5.19. The van der Waals surface area contributed by atoms with Gasteiger partial charge in [0, 0.05) is 30.6 Å². The fraction of sp³-hybridized carbons (Fsp3) is 0.562. The van der Waals surface area contributed by atoms with Gasteiger partial charge < -0.3 is 21.1 Å². The van der Waals surface area contributed by atoms with Gasteiger partial charge in [-0.05, 0) is 30.5 Å². The molecule has 1 aromatic rings. The zero-order chi connectivity index (χ0) is 16.5. The van der Waals surface area contributed by atoms with E-state index in [4.69, 9.17) is 22.1 Å². The average molecular weight is 328 g/mol. The highest BCUT2D eigenvalue weighted by molar-refractivity contribution is 6.30. The van der Waals surface area contributed by atoms with E-state index >= 15 is 0 Å². The van der Waals surface area contributed by atoms with Crippen LogP contribution < -0.4 is 21.1 Å². The van der Waals surface area contributed by atoms with Crippen LogP contribution in [0.3, 0.4) is 0 Å². The molecule has 0 spiro atoms. The third-order valence-electron chi connectivity index (χ3n) is 3.23. The molecule has 0 fully saturated rings. The molecule has 0 aliphatic heterocycles. The second-order valence-corrected chi connectivity index (χ2v) is 6.09. The van der Waals surface area contributed by atoms with Crippen molar-refractivity contribution in [2.45, 2.75) is 32.7 Å². The summed E-state index contributed by atoms with van der Waals surface area (Å²) in [6, 6.07) is 5.36. The first kappa shape index (κ1) is 18.6. The fourth-order valence-electron chi connectivity index (χ4n) is 2.21. The third kappa shape index (κ3) is 6.54. The Bertz CT molecular complexity index is 480. The van der Waals surface area contributed by atoms with E-state index in [2.05, 4.69) is 24.5 Å². The second-order valence-electron chi connectivity index (χ2n) is 5.65. The summed E-state index contributed by atoms with van der Waals surface area (Å²) in [7, 11) is 1.60. The smallest absolute Gasteiger partial charge is 0.222 e. The minimum atomic E-state index is -0.00963. The zero-order valence-corrected chi connectivity index (χ0v) is 14.2. The van der Waals surface area contributed by atoms with Gasteiger partial charge in [0.1, 0.15) is 5.75 Å². The Morgan fingerprint density at radius 3 is 2.73 bits per heavy atom. The quantitative estimate of drug-likeness (QED) is 0.651. The van der Waals surface area contributed by atoms with Gasteiger partial charge in [0.15, 0.2) is 0 Å². The molecule has 1 atom stereocenters. The number of hydrogen-bond donors (Lipinski definition) is 3. The number of halogens is 1. The number of methoxy groups -OCH3 is 1. The van der Waals surface area contributed by atoms with Crippen LogP contribution in [0.4, 0.5) is 5.69 Å². The van der Waals surface area contributed by atoms with Gasteiger partial charge in [-0.25, -0.2) is 0 Å². The lowest BCUT2D eigenvalue weighted by Crippen LogP contribution is -2.41. The van der Waals surface area contributed by atoms with Crippen molar-refractivity contribution in [3.63, 3.8) is 0 Å². The van der Waals surface area contributed by atoms with Gasteiger partial charge in [0.05, 0.1) is 12.8 Å². The van der Waals surface area contributed by atoms with Crippen LogP contribution in [0.1, 0.15) is 26.7 Å². The molecule has 4 N–H and O–H groups in total. The van der Waals surface area contributed by atoms with Crippen LogP contribution in [0.25, 0.3) is 0 Å². The first-order valence-electron chi connectivity index (χ1n) is 7.53. The molecule has 22 heavy (non-hydrogen) atoms. The molecule has 1 unspecified atom stereocenters. The van der Waals surface area contributed by atoms with Gasteiger partial charge in [0.2, 0.25) is 5.91 Å². The van der Waals surface area contributed by atoms with Gasteiger partial charge in [-0.3, -0.25) is 4.79 Å². The fourth-order valence-corrected chi connectivity index (χ4v) is 2.38. The van der Waals surface area contributed by atoms with Crippen LogP contribution >= 0.6 is 11.6 Å². The number of nitrogens with two attached hydrogens (primary N) is 1. The topological polar surface area (TPSA) is 76.4 Å². The van der Waals surface area contributed by atoms with Crippen molar-refractivity contribution in [3.8, 4) is 5.75 Å². The van der Waals surface area contributed by atoms with Crippen molar-refractivity contribution in [2.24, 2.45) is 11.7 Å². The molecule has 0 saturated heterocycles. The van der Waals surface area contributed by atoms with Crippen LogP contribution in [0.5, 0.6) is 5.75 Å². The number of rotatable bonds is 9. The summed E-state index contributed by atoms with van der Waals surface area (Å²) < 4.78 is 5.25. The second kappa shape index (κ2) is 9.54. The van der Waals surface area contributed by atoms with Gasteiger partial charge in [0.25, 0.3) is 0 Å². The molecule has 1 amide bonds. The number of benzene rings is 1. The molecular formula is C16H26ClN3O2. The zero-order valence-electron chi connectivity index (χ0n) is 13.5. The number of carbonyl (C=O) groups excluding carboxylic acids is 1. The van der Waals surface area contributed by atoms with Crippen molar-refractivity contribution >= 4 is 23.2 Å². The van der Waals surface area contributed by atoms with Gasteiger partial charge in [-0.2, -0.15) is 0 Å². The lowest BCUT2D eigenvalue weighted by molar-refractivity contribution is -0.121. The summed E-state index contributed by atoms with van der Waals surface area (Å²) in [5.41, 5.74) is 6.46. The lowest BCUT2D eigenvalue weighted by atomic mass is 10.0. The van der Waals surface area contributed by atoms with Crippen LogP contribution in [0, 0.1) is 5.92 Å². The maximum absolute atomic E-state index is 11.9. The van der Waals surface area contributed by atoms with E-state index < -0.39 is 0 Å². The first-order chi connectivity index (χ1) is 10.5. The largest absolute Gasteiger partial charge is 0.495 e. The predicted molar refractivity (Wildman–Crippen MR) is 91.6 cm³/mol. The molecule has 0 aromatic heterocycles. The first-order valence-corrected chi connectivity index (χ1v) is 7.90. The number of anilines is 1. The van der Waals surface area contributed by atoms with E-state index in [1.54, 1.807) is 25.3 Å². The maximum Gasteiger partial charge on any atom is 0.222 e. The van der Waals surface area contributed by atoms with Crippen LogP contribution in [-0.2, 0) is 4.79 Å². The molecule has 0 aliphatic rings. The van der Waals surface area contributed by atoms with E-state index in [0.717, 1.165) is 12.1 Å². The molecular weight excluding hydrogens is 302 g/mol. The SMILES string of the molecule is COc1ccc(Cl)cc1NCCC(=O)NC(CN)CC(C)C. The van der Waals surface area contributed by atoms with Gasteiger partial charge in [-0.1, -0.05) is 25.4 Å². The molecule has 0 heterocycles. The van der Waals surface area contributed by atoms with Crippen LogP contribution in [0.2, 0.25) is 5.02 Å². The molecule has 0 saturated carbocycles. The molecule has 6 heteroatoms. The average Bonchev–Trinajstić information content (AvgIpc) is 2.46. The van der Waals surface area contributed by atoms with Crippen molar-refractivity contribution in [1.82, 2.24) is 5.32 Å². The molecule has 0 aliphatic carbocycles. The summed E-state index contributed by atoms with van der Waals surface area (Å²) in [6.07, 6.45) is 1.25.